The number of amides is 1. The number of carbonyl (C=O) groups excluding carboxylic acids is 1. The van der Waals surface area contributed by atoms with E-state index in [1.807, 2.05) is 50.2 Å². The van der Waals surface area contributed by atoms with Crippen LogP contribution in [0.1, 0.15) is 19.4 Å². The van der Waals surface area contributed by atoms with E-state index in [0.717, 1.165) is 11.1 Å². The van der Waals surface area contributed by atoms with E-state index in [1.165, 1.54) is 0 Å². The highest BCUT2D eigenvalue weighted by Gasteiger charge is 2.27. The molecule has 1 saturated heterocycles. The first-order chi connectivity index (χ1) is 14.3. The Bertz CT molecular complexity index is 1140. The molecule has 0 bridgehead atoms. The molecule has 30 heavy (non-hydrogen) atoms. The second-order valence-corrected chi connectivity index (χ2v) is 9.90. The Morgan fingerprint density at radius 3 is 2.33 bits per heavy atom. The van der Waals surface area contributed by atoms with Crippen LogP contribution < -0.4 is 0 Å². The van der Waals surface area contributed by atoms with Crippen molar-refractivity contribution in [2.45, 2.75) is 43.2 Å². The van der Waals surface area contributed by atoms with E-state index in [9.17, 15) is 13.2 Å². The van der Waals surface area contributed by atoms with Crippen LogP contribution in [0.3, 0.4) is 0 Å². The number of rotatable bonds is 5. The van der Waals surface area contributed by atoms with Gasteiger partial charge in [-0.05, 0) is 25.5 Å². The molecule has 0 unspecified atom stereocenters. The molecule has 4 rings (SSSR count). The third kappa shape index (κ3) is 4.27. The molecule has 1 fully saturated rings. The molecule has 2 heterocycles. The molecule has 0 spiro atoms. The van der Waals surface area contributed by atoms with Crippen molar-refractivity contribution in [3.05, 3.63) is 66.4 Å². The van der Waals surface area contributed by atoms with E-state index in [-0.39, 0.29) is 35.3 Å². The first-order valence-corrected chi connectivity index (χ1v) is 11.8. The Kier molecular flexibility index (Phi) is 5.66. The topological polar surface area (TPSA) is 68.6 Å². The zero-order chi connectivity index (χ0) is 21.3. The minimum Gasteiger partial charge on any atom is -0.372 e. The third-order valence-corrected chi connectivity index (χ3v) is 7.07. The lowest BCUT2D eigenvalue weighted by Gasteiger charge is -2.35. The van der Waals surface area contributed by atoms with Crippen LogP contribution in [-0.2, 0) is 31.7 Å². The normalized spacial score (nSPS) is 19.9. The monoisotopic (exact) mass is 426 g/mol. The van der Waals surface area contributed by atoms with Crippen LogP contribution in [0.15, 0.2) is 65.7 Å². The number of sulfone groups is 1. The lowest BCUT2D eigenvalue weighted by Crippen LogP contribution is -2.49. The number of nitrogens with zero attached hydrogens (tertiary/aromatic N) is 2. The van der Waals surface area contributed by atoms with Crippen LogP contribution in [0, 0.1) is 0 Å². The molecular weight excluding hydrogens is 400 g/mol. The van der Waals surface area contributed by atoms with E-state index in [4.69, 9.17) is 4.74 Å². The SMILES string of the molecule is C[C@H]1CN(C(=O)Cn2cc(S(=O)(=O)Cc3ccccc3)c3ccccc32)C[C@H](C)O1. The molecule has 1 aliphatic rings. The number of hydrogen-bond donors (Lipinski definition) is 0. The molecule has 2 aromatic carbocycles. The van der Waals surface area contributed by atoms with Gasteiger partial charge in [-0.25, -0.2) is 8.42 Å². The summed E-state index contributed by atoms with van der Waals surface area (Å²) in [4.78, 5) is 15.0. The number of hydrogen-bond acceptors (Lipinski definition) is 4. The highest BCUT2D eigenvalue weighted by molar-refractivity contribution is 7.90. The van der Waals surface area contributed by atoms with Gasteiger partial charge in [-0.1, -0.05) is 48.5 Å². The second-order valence-electron chi connectivity index (χ2n) is 7.94. The van der Waals surface area contributed by atoms with E-state index >= 15 is 0 Å². The van der Waals surface area contributed by atoms with Crippen molar-refractivity contribution < 1.29 is 17.9 Å². The van der Waals surface area contributed by atoms with Gasteiger partial charge in [0, 0.05) is 30.2 Å². The largest absolute Gasteiger partial charge is 0.372 e. The first kappa shape index (κ1) is 20.6. The molecule has 158 valence electrons. The summed E-state index contributed by atoms with van der Waals surface area (Å²) in [5.41, 5.74) is 1.48. The van der Waals surface area contributed by atoms with Gasteiger partial charge in [0.05, 0.1) is 22.9 Å². The van der Waals surface area contributed by atoms with Crippen molar-refractivity contribution in [3.63, 3.8) is 0 Å². The molecule has 2 atom stereocenters. The fraction of sp³-hybridized carbons (Fsp3) is 0.348. The van der Waals surface area contributed by atoms with Crippen molar-refractivity contribution in [2.75, 3.05) is 13.1 Å². The maximum Gasteiger partial charge on any atom is 0.242 e. The molecule has 3 aromatic rings. The molecule has 0 radical (unpaired) electrons. The van der Waals surface area contributed by atoms with Crippen LogP contribution in [0.4, 0.5) is 0 Å². The zero-order valence-corrected chi connectivity index (χ0v) is 18.0. The van der Waals surface area contributed by atoms with Crippen molar-refractivity contribution in [1.82, 2.24) is 9.47 Å². The summed E-state index contributed by atoms with van der Waals surface area (Å²) in [6.45, 7) is 5.09. The van der Waals surface area contributed by atoms with Gasteiger partial charge in [-0.15, -0.1) is 0 Å². The molecule has 1 amide bonds. The van der Waals surface area contributed by atoms with Gasteiger partial charge in [0.25, 0.3) is 0 Å². The third-order valence-electron chi connectivity index (χ3n) is 5.36. The summed E-state index contributed by atoms with van der Waals surface area (Å²) in [6, 6.07) is 16.5. The Morgan fingerprint density at radius 2 is 1.63 bits per heavy atom. The number of fused-ring (bicyclic) bond motifs is 1. The Balaban J connectivity index is 1.65. The van der Waals surface area contributed by atoms with E-state index in [2.05, 4.69) is 0 Å². The molecule has 0 aliphatic carbocycles. The summed E-state index contributed by atoms with van der Waals surface area (Å²) in [7, 11) is -3.56. The predicted octanol–water partition coefficient (Wildman–Crippen LogP) is 3.25. The summed E-state index contributed by atoms with van der Waals surface area (Å²) in [5.74, 6) is -0.112. The number of aromatic nitrogens is 1. The first-order valence-electron chi connectivity index (χ1n) is 10.1. The van der Waals surface area contributed by atoms with Crippen molar-refractivity contribution in [1.29, 1.82) is 0 Å². The molecule has 0 saturated carbocycles. The summed E-state index contributed by atoms with van der Waals surface area (Å²) in [6.07, 6.45) is 1.58. The zero-order valence-electron chi connectivity index (χ0n) is 17.2. The Labute approximate surface area is 177 Å². The number of morpholine rings is 1. The quantitative estimate of drug-likeness (QED) is 0.628. The molecule has 1 aliphatic heterocycles. The highest BCUT2D eigenvalue weighted by atomic mass is 32.2. The van der Waals surface area contributed by atoms with Gasteiger partial charge in [-0.3, -0.25) is 4.79 Å². The van der Waals surface area contributed by atoms with Gasteiger partial charge in [0.1, 0.15) is 6.54 Å². The number of para-hydroxylation sites is 1. The number of carbonyl (C=O) groups is 1. The lowest BCUT2D eigenvalue weighted by molar-refractivity contribution is -0.143. The average Bonchev–Trinajstić information content (AvgIpc) is 3.07. The standard InChI is InChI=1S/C23H26N2O4S/c1-17-12-25(13-18(2)29-17)23(26)15-24-14-22(20-10-6-7-11-21(20)24)30(27,28)16-19-8-4-3-5-9-19/h3-11,14,17-18H,12-13,15-16H2,1-2H3/t17-,18-/m0/s1. The van der Waals surface area contributed by atoms with E-state index in [1.54, 1.807) is 33.9 Å². The van der Waals surface area contributed by atoms with Crippen molar-refractivity contribution >= 4 is 26.6 Å². The van der Waals surface area contributed by atoms with Crippen LogP contribution in [-0.4, -0.2) is 49.1 Å². The van der Waals surface area contributed by atoms with Crippen LogP contribution in [0.5, 0.6) is 0 Å². The smallest absolute Gasteiger partial charge is 0.242 e. The summed E-state index contributed by atoms with van der Waals surface area (Å²) in [5, 5.41) is 0.643. The van der Waals surface area contributed by atoms with E-state index < -0.39 is 9.84 Å². The average molecular weight is 427 g/mol. The summed E-state index contributed by atoms with van der Waals surface area (Å²) >= 11 is 0. The highest BCUT2D eigenvalue weighted by Crippen LogP contribution is 2.28. The van der Waals surface area contributed by atoms with Gasteiger partial charge in [-0.2, -0.15) is 0 Å². The number of benzene rings is 2. The fourth-order valence-electron chi connectivity index (χ4n) is 4.09. The molecule has 7 heteroatoms. The van der Waals surface area contributed by atoms with Gasteiger partial charge in [0.15, 0.2) is 9.84 Å². The second kappa shape index (κ2) is 8.24. The molecule has 1 aromatic heterocycles. The minimum atomic E-state index is -3.56. The van der Waals surface area contributed by atoms with Crippen LogP contribution >= 0.6 is 0 Å². The van der Waals surface area contributed by atoms with Crippen LogP contribution in [0.2, 0.25) is 0 Å². The predicted molar refractivity (Wildman–Crippen MR) is 116 cm³/mol. The van der Waals surface area contributed by atoms with Gasteiger partial charge < -0.3 is 14.2 Å². The Morgan fingerprint density at radius 1 is 1.00 bits per heavy atom. The van der Waals surface area contributed by atoms with Gasteiger partial charge >= 0.3 is 0 Å². The molecular formula is C23H26N2O4S. The molecule has 0 N–H and O–H groups in total. The Hall–Kier alpha value is -2.64. The minimum absolute atomic E-state index is 0.0130. The van der Waals surface area contributed by atoms with Crippen molar-refractivity contribution in [3.8, 4) is 0 Å². The summed E-state index contributed by atoms with van der Waals surface area (Å²) < 4.78 is 33.8. The van der Waals surface area contributed by atoms with Crippen molar-refractivity contribution in [2.24, 2.45) is 0 Å². The molecule has 6 nitrogen and oxygen atoms in total. The van der Waals surface area contributed by atoms with E-state index in [0.29, 0.717) is 18.5 Å². The maximum atomic E-state index is 13.2. The fourth-order valence-corrected chi connectivity index (χ4v) is 5.67. The lowest BCUT2D eigenvalue weighted by atomic mass is 10.2. The van der Waals surface area contributed by atoms with Crippen LogP contribution in [0.25, 0.3) is 10.9 Å². The number of ether oxygens (including phenoxy) is 1. The maximum absolute atomic E-state index is 13.2. The van der Waals surface area contributed by atoms with Gasteiger partial charge in [0.2, 0.25) is 5.91 Å².